The Balaban J connectivity index is 0.000000251. The third-order valence-corrected chi connectivity index (χ3v) is 9.76. The first kappa shape index (κ1) is 29.0. The van der Waals surface area contributed by atoms with E-state index < -0.39 is 0 Å². The Hall–Kier alpha value is -6.19. The van der Waals surface area contributed by atoms with E-state index in [0.29, 0.717) is 5.92 Å². The summed E-state index contributed by atoms with van der Waals surface area (Å²) in [5.74, 6) is 0.673. The lowest BCUT2D eigenvalue weighted by molar-refractivity contribution is 0.796. The highest BCUT2D eigenvalue weighted by Gasteiger charge is 2.15. The summed E-state index contributed by atoms with van der Waals surface area (Å²) in [6, 6.07) is 47.6. The van der Waals surface area contributed by atoms with Crippen molar-refractivity contribution < 1.29 is 0 Å². The number of para-hydroxylation sites is 1. The predicted molar refractivity (Wildman–Crippen MR) is 206 cm³/mol. The van der Waals surface area contributed by atoms with E-state index in [1.54, 1.807) is 0 Å². The van der Waals surface area contributed by atoms with Gasteiger partial charge in [-0.3, -0.25) is 15.0 Å². The molecule has 1 atom stereocenters. The van der Waals surface area contributed by atoms with Crippen molar-refractivity contribution in [1.82, 2.24) is 15.0 Å². The topological polar surface area (TPSA) is 38.7 Å². The average molecular weight is 628 g/mol. The zero-order valence-corrected chi connectivity index (χ0v) is 27.2. The molecular formula is C46H33N3. The molecule has 232 valence electrons. The van der Waals surface area contributed by atoms with Crippen LogP contribution in [0, 0.1) is 5.92 Å². The SMILES string of the molecule is CC1C=c2cccnc2=CC1.c1ccc(-c2ccc3ccc4c(-c5ccc(-c6cccc7cccnc67)cc5)ccc5ccc2c3c54)nc1. The zero-order valence-electron chi connectivity index (χ0n) is 27.2. The standard InChI is InChI=1S/C36H22N2.C10H11N/c1-2-21-37-33(8-1)30-18-14-26-15-19-31-28(17-13-25-16-20-32(30)35(26)34(25)31)23-9-11-24(12-10-23)29-7-3-5-27-6-4-22-38-36(27)29;1-8-4-5-10-9(7-8)3-2-6-11-10/h1-22H;2-3,5-8H,4H2,1H3. The van der Waals surface area contributed by atoms with Crippen LogP contribution in [0.3, 0.4) is 0 Å². The van der Waals surface area contributed by atoms with E-state index >= 15 is 0 Å². The van der Waals surface area contributed by atoms with E-state index in [9.17, 15) is 0 Å². The fraction of sp³-hybridized carbons (Fsp3) is 0.0652. The van der Waals surface area contributed by atoms with Crippen molar-refractivity contribution in [3.8, 4) is 33.5 Å². The summed E-state index contributed by atoms with van der Waals surface area (Å²) in [5, 5.41) is 11.3. The second kappa shape index (κ2) is 12.1. The summed E-state index contributed by atoms with van der Waals surface area (Å²) in [6.07, 6.45) is 11.2. The zero-order chi connectivity index (χ0) is 32.7. The minimum atomic E-state index is 0.673. The van der Waals surface area contributed by atoms with Crippen LogP contribution in [0.15, 0.2) is 152 Å². The minimum absolute atomic E-state index is 0.673. The molecule has 10 rings (SSSR count). The molecule has 49 heavy (non-hydrogen) atoms. The minimum Gasteiger partial charge on any atom is -0.257 e. The average Bonchev–Trinajstić information content (AvgIpc) is 3.17. The summed E-state index contributed by atoms with van der Waals surface area (Å²) < 4.78 is 0. The van der Waals surface area contributed by atoms with Gasteiger partial charge in [-0.05, 0) is 90.8 Å². The van der Waals surface area contributed by atoms with Gasteiger partial charge in [-0.2, -0.15) is 0 Å². The van der Waals surface area contributed by atoms with Crippen LogP contribution in [-0.2, 0) is 0 Å². The molecule has 0 bridgehead atoms. The smallest absolute Gasteiger partial charge is 0.0780 e. The van der Waals surface area contributed by atoms with Crippen LogP contribution in [0.4, 0.5) is 0 Å². The Labute approximate surface area is 284 Å². The van der Waals surface area contributed by atoms with Gasteiger partial charge in [-0.1, -0.05) is 128 Å². The number of hydrogen-bond acceptors (Lipinski definition) is 3. The normalized spacial score (nSPS) is 13.9. The van der Waals surface area contributed by atoms with E-state index in [1.807, 2.05) is 36.8 Å². The first-order valence-corrected chi connectivity index (χ1v) is 16.9. The maximum absolute atomic E-state index is 4.65. The maximum atomic E-state index is 4.65. The van der Waals surface area contributed by atoms with Crippen LogP contribution >= 0.6 is 0 Å². The second-order valence-corrected chi connectivity index (χ2v) is 12.9. The van der Waals surface area contributed by atoms with Gasteiger partial charge in [-0.25, -0.2) is 0 Å². The van der Waals surface area contributed by atoms with Gasteiger partial charge in [0.1, 0.15) is 0 Å². The van der Waals surface area contributed by atoms with Crippen molar-refractivity contribution in [2.75, 3.05) is 0 Å². The molecule has 0 N–H and O–H groups in total. The van der Waals surface area contributed by atoms with Gasteiger partial charge in [0.15, 0.2) is 0 Å². The van der Waals surface area contributed by atoms with E-state index in [0.717, 1.165) is 33.9 Å². The van der Waals surface area contributed by atoms with Gasteiger partial charge in [0.2, 0.25) is 0 Å². The summed E-state index contributed by atoms with van der Waals surface area (Å²) >= 11 is 0. The highest BCUT2D eigenvalue weighted by Crippen LogP contribution is 2.42. The molecular weight excluding hydrogens is 595 g/mol. The summed E-state index contributed by atoms with van der Waals surface area (Å²) in [5.41, 5.74) is 8.01. The van der Waals surface area contributed by atoms with E-state index in [4.69, 9.17) is 0 Å². The molecule has 0 fully saturated rings. The molecule has 3 heterocycles. The number of benzene rings is 6. The van der Waals surface area contributed by atoms with Gasteiger partial charge in [-0.15, -0.1) is 0 Å². The molecule has 0 radical (unpaired) electrons. The Bertz CT molecular complexity index is 2740. The van der Waals surface area contributed by atoms with E-state index in [-0.39, 0.29) is 0 Å². The Morgan fingerprint density at radius 3 is 1.92 bits per heavy atom. The largest absolute Gasteiger partial charge is 0.257 e. The number of pyridine rings is 3. The lowest BCUT2D eigenvalue weighted by atomic mass is 9.87. The van der Waals surface area contributed by atoms with Crippen LogP contribution < -0.4 is 10.6 Å². The number of fused-ring (bicyclic) bond motifs is 2. The molecule has 0 saturated heterocycles. The Kier molecular flexibility index (Phi) is 7.17. The quantitative estimate of drug-likeness (QED) is 0.183. The lowest BCUT2D eigenvalue weighted by Crippen LogP contribution is -2.30. The van der Waals surface area contributed by atoms with Crippen molar-refractivity contribution >= 4 is 55.4 Å². The summed E-state index contributed by atoms with van der Waals surface area (Å²) in [6.45, 7) is 2.23. The molecule has 0 saturated carbocycles. The third kappa shape index (κ3) is 5.21. The van der Waals surface area contributed by atoms with Crippen molar-refractivity contribution in [3.63, 3.8) is 0 Å². The molecule has 6 aromatic carbocycles. The molecule has 9 aromatic rings. The van der Waals surface area contributed by atoms with Crippen LogP contribution in [0.5, 0.6) is 0 Å². The molecule has 0 amide bonds. The van der Waals surface area contributed by atoms with Gasteiger partial charge in [0, 0.05) is 35.1 Å². The van der Waals surface area contributed by atoms with Crippen LogP contribution in [-0.4, -0.2) is 15.0 Å². The van der Waals surface area contributed by atoms with Crippen LogP contribution in [0.2, 0.25) is 0 Å². The summed E-state index contributed by atoms with van der Waals surface area (Å²) in [4.78, 5) is 13.6. The first-order chi connectivity index (χ1) is 24.2. The van der Waals surface area contributed by atoms with Crippen LogP contribution in [0.25, 0.3) is 88.9 Å². The number of nitrogens with zero attached hydrogens (tertiary/aromatic N) is 3. The fourth-order valence-electron chi connectivity index (χ4n) is 7.38. The Morgan fingerprint density at radius 1 is 0.490 bits per heavy atom. The molecule has 1 unspecified atom stereocenters. The molecule has 3 heteroatoms. The van der Waals surface area contributed by atoms with Gasteiger partial charge >= 0.3 is 0 Å². The lowest BCUT2D eigenvalue weighted by Gasteiger charge is -2.16. The molecule has 3 nitrogen and oxygen atoms in total. The number of rotatable bonds is 3. The van der Waals surface area contributed by atoms with Crippen LogP contribution in [0.1, 0.15) is 13.3 Å². The molecule has 3 aromatic heterocycles. The monoisotopic (exact) mass is 627 g/mol. The van der Waals surface area contributed by atoms with Gasteiger partial charge in [0.05, 0.1) is 16.6 Å². The fourth-order valence-corrected chi connectivity index (χ4v) is 7.38. The highest BCUT2D eigenvalue weighted by molar-refractivity contribution is 6.27. The van der Waals surface area contributed by atoms with Gasteiger partial charge < -0.3 is 0 Å². The number of hydrogen-bond donors (Lipinski definition) is 0. The summed E-state index contributed by atoms with van der Waals surface area (Å²) in [7, 11) is 0. The maximum Gasteiger partial charge on any atom is 0.0780 e. The van der Waals surface area contributed by atoms with E-state index in [1.165, 1.54) is 59.8 Å². The first-order valence-electron chi connectivity index (χ1n) is 16.9. The third-order valence-electron chi connectivity index (χ3n) is 9.76. The molecule has 0 spiro atoms. The highest BCUT2D eigenvalue weighted by atomic mass is 14.7. The van der Waals surface area contributed by atoms with Crippen molar-refractivity contribution in [3.05, 3.63) is 163 Å². The van der Waals surface area contributed by atoms with Crippen molar-refractivity contribution in [2.45, 2.75) is 13.3 Å². The second-order valence-electron chi connectivity index (χ2n) is 12.9. The van der Waals surface area contributed by atoms with Gasteiger partial charge in [0.25, 0.3) is 0 Å². The molecule has 0 aliphatic heterocycles. The van der Waals surface area contributed by atoms with Crippen molar-refractivity contribution in [1.29, 1.82) is 0 Å². The number of aromatic nitrogens is 3. The predicted octanol–water partition coefficient (Wildman–Crippen LogP) is 10.2. The molecule has 1 aliphatic rings. The van der Waals surface area contributed by atoms with Crippen molar-refractivity contribution in [2.24, 2.45) is 5.92 Å². The van der Waals surface area contributed by atoms with E-state index in [2.05, 4.69) is 149 Å². The Morgan fingerprint density at radius 2 is 1.14 bits per heavy atom. The molecule has 1 aliphatic carbocycles.